The van der Waals surface area contributed by atoms with Gasteiger partial charge in [-0.15, -0.1) is 0 Å². The fourth-order valence-electron chi connectivity index (χ4n) is 2.56. The lowest BCUT2D eigenvalue weighted by Crippen LogP contribution is -2.37. The first-order valence-electron chi connectivity index (χ1n) is 6.27. The standard InChI is InChI=1S/C12H16F6O/c13-11(14,15)7-3-6-10(19)8-4-1-2-5-9(8)12(16,17)18/h8-9H,1-7H2. The van der Waals surface area contributed by atoms with Crippen molar-refractivity contribution in [2.45, 2.75) is 57.3 Å². The lowest BCUT2D eigenvalue weighted by Gasteiger charge is -2.32. The molecule has 0 aliphatic heterocycles. The van der Waals surface area contributed by atoms with Crippen molar-refractivity contribution in [3.63, 3.8) is 0 Å². The molecule has 0 aromatic carbocycles. The molecule has 1 aliphatic rings. The maximum absolute atomic E-state index is 12.7. The van der Waals surface area contributed by atoms with Crippen molar-refractivity contribution in [3.05, 3.63) is 0 Å². The molecule has 0 aromatic heterocycles. The molecule has 0 bridgehead atoms. The molecule has 7 heteroatoms. The molecule has 0 heterocycles. The highest BCUT2D eigenvalue weighted by molar-refractivity contribution is 5.81. The molecule has 19 heavy (non-hydrogen) atoms. The normalized spacial score (nSPS) is 25.4. The summed E-state index contributed by atoms with van der Waals surface area (Å²) >= 11 is 0. The monoisotopic (exact) mass is 290 g/mol. The highest BCUT2D eigenvalue weighted by atomic mass is 19.4. The predicted molar refractivity (Wildman–Crippen MR) is 56.4 cm³/mol. The van der Waals surface area contributed by atoms with E-state index in [0.29, 0.717) is 12.8 Å². The van der Waals surface area contributed by atoms with Gasteiger partial charge in [-0.05, 0) is 19.3 Å². The number of Topliss-reactive ketones (excluding diaryl/α,β-unsaturated/α-hetero) is 1. The Morgan fingerprint density at radius 2 is 1.58 bits per heavy atom. The van der Waals surface area contributed by atoms with Crippen LogP contribution in [0.1, 0.15) is 44.9 Å². The molecule has 2 atom stereocenters. The Kier molecular flexibility index (Phi) is 5.26. The van der Waals surface area contributed by atoms with Crippen LogP contribution in [0.25, 0.3) is 0 Å². The maximum atomic E-state index is 12.7. The molecule has 1 nitrogen and oxygen atoms in total. The van der Waals surface area contributed by atoms with Crippen LogP contribution in [0.15, 0.2) is 0 Å². The highest BCUT2D eigenvalue weighted by Gasteiger charge is 2.47. The summed E-state index contributed by atoms with van der Waals surface area (Å²) < 4.78 is 74.0. The predicted octanol–water partition coefficient (Wildman–Crippen LogP) is 4.66. The van der Waals surface area contributed by atoms with E-state index in [4.69, 9.17) is 0 Å². The van der Waals surface area contributed by atoms with E-state index in [1.54, 1.807) is 0 Å². The third kappa shape index (κ3) is 5.40. The molecule has 0 aromatic rings. The van der Waals surface area contributed by atoms with Crippen LogP contribution < -0.4 is 0 Å². The molecule has 0 spiro atoms. The van der Waals surface area contributed by atoms with Gasteiger partial charge in [-0.25, -0.2) is 0 Å². The van der Waals surface area contributed by atoms with E-state index in [1.807, 2.05) is 0 Å². The summed E-state index contributed by atoms with van der Waals surface area (Å²) in [4.78, 5) is 11.7. The lowest BCUT2D eigenvalue weighted by atomic mass is 9.75. The summed E-state index contributed by atoms with van der Waals surface area (Å²) in [6.45, 7) is 0. The molecule has 0 saturated heterocycles. The van der Waals surface area contributed by atoms with Gasteiger partial charge in [0, 0.05) is 18.8 Å². The van der Waals surface area contributed by atoms with Crippen LogP contribution in [0.4, 0.5) is 26.3 Å². The number of halogens is 6. The van der Waals surface area contributed by atoms with Crippen molar-refractivity contribution in [1.29, 1.82) is 0 Å². The molecule has 2 unspecified atom stereocenters. The molecular weight excluding hydrogens is 274 g/mol. The van der Waals surface area contributed by atoms with Crippen molar-refractivity contribution in [1.82, 2.24) is 0 Å². The molecule has 0 amide bonds. The molecule has 1 rings (SSSR count). The Morgan fingerprint density at radius 3 is 2.11 bits per heavy atom. The van der Waals surface area contributed by atoms with Crippen LogP contribution in [0.3, 0.4) is 0 Å². The largest absolute Gasteiger partial charge is 0.392 e. The molecule has 112 valence electrons. The van der Waals surface area contributed by atoms with Gasteiger partial charge in [0.15, 0.2) is 0 Å². The van der Waals surface area contributed by atoms with Crippen LogP contribution in [0, 0.1) is 11.8 Å². The average molecular weight is 290 g/mol. The van der Waals surface area contributed by atoms with E-state index < -0.39 is 49.2 Å². The van der Waals surface area contributed by atoms with Gasteiger partial charge in [-0.2, -0.15) is 26.3 Å². The van der Waals surface area contributed by atoms with E-state index in [9.17, 15) is 31.1 Å². The second-order valence-corrected chi connectivity index (χ2v) is 4.97. The van der Waals surface area contributed by atoms with Gasteiger partial charge in [0.1, 0.15) is 5.78 Å². The Hall–Kier alpha value is -0.750. The molecule has 0 N–H and O–H groups in total. The first-order valence-corrected chi connectivity index (χ1v) is 6.27. The molecule has 1 fully saturated rings. The van der Waals surface area contributed by atoms with Crippen molar-refractivity contribution in [2.24, 2.45) is 11.8 Å². The lowest BCUT2D eigenvalue weighted by molar-refractivity contribution is -0.197. The average Bonchev–Trinajstić information content (AvgIpc) is 2.26. The molecule has 1 aliphatic carbocycles. The first kappa shape index (κ1) is 16.3. The summed E-state index contributed by atoms with van der Waals surface area (Å²) in [5.41, 5.74) is 0. The van der Waals surface area contributed by atoms with Crippen molar-refractivity contribution < 1.29 is 31.1 Å². The third-order valence-electron chi connectivity index (χ3n) is 3.48. The fourth-order valence-corrected chi connectivity index (χ4v) is 2.56. The van der Waals surface area contributed by atoms with Crippen LogP contribution in [0.2, 0.25) is 0 Å². The van der Waals surface area contributed by atoms with Gasteiger partial charge in [0.25, 0.3) is 0 Å². The zero-order valence-corrected chi connectivity index (χ0v) is 10.3. The van der Waals surface area contributed by atoms with Gasteiger partial charge in [-0.3, -0.25) is 4.79 Å². The van der Waals surface area contributed by atoms with Crippen LogP contribution >= 0.6 is 0 Å². The van der Waals surface area contributed by atoms with Gasteiger partial charge in [0.05, 0.1) is 5.92 Å². The minimum Gasteiger partial charge on any atom is -0.299 e. The molecule has 0 radical (unpaired) electrons. The van der Waals surface area contributed by atoms with Crippen LogP contribution in [-0.2, 0) is 4.79 Å². The summed E-state index contributed by atoms with van der Waals surface area (Å²) in [6, 6.07) is 0. The Morgan fingerprint density at radius 1 is 1.00 bits per heavy atom. The second-order valence-electron chi connectivity index (χ2n) is 4.97. The summed E-state index contributed by atoms with van der Waals surface area (Å²) in [7, 11) is 0. The Bertz CT molecular complexity index is 306. The zero-order valence-electron chi connectivity index (χ0n) is 10.3. The van der Waals surface area contributed by atoms with Gasteiger partial charge < -0.3 is 0 Å². The number of carbonyl (C=O) groups is 1. The molecule has 1 saturated carbocycles. The third-order valence-corrected chi connectivity index (χ3v) is 3.48. The van der Waals surface area contributed by atoms with E-state index in [2.05, 4.69) is 0 Å². The quantitative estimate of drug-likeness (QED) is 0.688. The first-order chi connectivity index (χ1) is 8.61. The fraction of sp³-hybridized carbons (Fsp3) is 0.917. The van der Waals surface area contributed by atoms with E-state index in [1.165, 1.54) is 0 Å². The van der Waals surface area contributed by atoms with E-state index >= 15 is 0 Å². The topological polar surface area (TPSA) is 17.1 Å². The number of carbonyl (C=O) groups excluding carboxylic acids is 1. The summed E-state index contributed by atoms with van der Waals surface area (Å²) in [5, 5.41) is 0. The van der Waals surface area contributed by atoms with E-state index in [-0.39, 0.29) is 12.8 Å². The maximum Gasteiger partial charge on any atom is 0.392 e. The van der Waals surface area contributed by atoms with Gasteiger partial charge in [-0.1, -0.05) is 12.8 Å². The number of alkyl halides is 6. The van der Waals surface area contributed by atoms with E-state index in [0.717, 1.165) is 0 Å². The second kappa shape index (κ2) is 6.13. The summed E-state index contributed by atoms with van der Waals surface area (Å²) in [5.74, 6) is -3.51. The van der Waals surface area contributed by atoms with Gasteiger partial charge in [0.2, 0.25) is 0 Å². The summed E-state index contributed by atoms with van der Waals surface area (Å²) in [6.07, 6.45) is -9.80. The number of hydrogen-bond acceptors (Lipinski definition) is 1. The van der Waals surface area contributed by atoms with Crippen molar-refractivity contribution in [3.8, 4) is 0 Å². The number of hydrogen-bond donors (Lipinski definition) is 0. The zero-order chi connectivity index (χ0) is 14.7. The molecular formula is C12H16F6O. The number of rotatable bonds is 4. The minimum absolute atomic E-state index is 0.0980. The SMILES string of the molecule is O=C(CCCC(F)(F)F)C1CCCCC1C(F)(F)F. The highest BCUT2D eigenvalue weighted by Crippen LogP contribution is 2.42. The smallest absolute Gasteiger partial charge is 0.299 e. The van der Waals surface area contributed by atoms with Crippen molar-refractivity contribution in [2.75, 3.05) is 0 Å². The van der Waals surface area contributed by atoms with Crippen LogP contribution in [-0.4, -0.2) is 18.1 Å². The number of ketones is 1. The Balaban J connectivity index is 2.53. The minimum atomic E-state index is -4.44. The Labute approximate surface area is 107 Å². The van der Waals surface area contributed by atoms with Crippen LogP contribution in [0.5, 0.6) is 0 Å². The van der Waals surface area contributed by atoms with Gasteiger partial charge >= 0.3 is 12.4 Å². The van der Waals surface area contributed by atoms with Crippen molar-refractivity contribution >= 4 is 5.78 Å².